The first-order valence-corrected chi connectivity index (χ1v) is 7.65. The molecule has 0 bridgehead atoms. The molecule has 0 saturated heterocycles. The van der Waals surface area contributed by atoms with Crippen LogP contribution in [0, 0.1) is 11.6 Å². The summed E-state index contributed by atoms with van der Waals surface area (Å²) in [6.07, 6.45) is 0. The van der Waals surface area contributed by atoms with Crippen LogP contribution in [0.2, 0.25) is 5.02 Å². The Hall–Kier alpha value is -1.92. The molecule has 7 heteroatoms. The van der Waals surface area contributed by atoms with E-state index >= 15 is 0 Å². The SMILES string of the molecule is Fc1ccc(SCc2nc(-c3ccccc3Cl)no2)c(F)c1. The molecule has 0 unspecified atom stereocenters. The largest absolute Gasteiger partial charge is 0.338 e. The van der Waals surface area contributed by atoms with Crippen molar-refractivity contribution in [3.05, 3.63) is 65.0 Å². The molecule has 0 aliphatic carbocycles. The van der Waals surface area contributed by atoms with Crippen molar-refractivity contribution >= 4 is 23.4 Å². The standard InChI is InChI=1S/C15H9ClF2N2OS/c16-11-4-2-1-3-10(11)15-19-14(21-20-15)8-22-13-6-5-9(17)7-12(13)18/h1-7H,8H2. The van der Waals surface area contributed by atoms with Crippen molar-refractivity contribution < 1.29 is 13.3 Å². The zero-order valence-corrected chi connectivity index (χ0v) is 12.7. The van der Waals surface area contributed by atoms with E-state index in [2.05, 4.69) is 10.1 Å². The minimum atomic E-state index is -0.615. The average molecular weight is 339 g/mol. The van der Waals surface area contributed by atoms with Crippen molar-refractivity contribution in [3.63, 3.8) is 0 Å². The molecule has 3 nitrogen and oxygen atoms in total. The molecule has 0 aliphatic rings. The third-order valence-corrected chi connectivity index (χ3v) is 4.19. The van der Waals surface area contributed by atoms with Gasteiger partial charge in [-0.15, -0.1) is 11.8 Å². The third-order valence-electron chi connectivity index (χ3n) is 2.83. The van der Waals surface area contributed by atoms with Gasteiger partial charge in [-0.25, -0.2) is 8.78 Å². The van der Waals surface area contributed by atoms with Gasteiger partial charge in [0.05, 0.1) is 10.8 Å². The first-order chi connectivity index (χ1) is 10.6. The first kappa shape index (κ1) is 15.0. The molecule has 1 aromatic heterocycles. The second-order valence-corrected chi connectivity index (χ2v) is 5.78. The molecule has 22 heavy (non-hydrogen) atoms. The Labute approximate surface area is 134 Å². The summed E-state index contributed by atoms with van der Waals surface area (Å²) in [5.74, 6) is -0.235. The smallest absolute Gasteiger partial charge is 0.237 e. The highest BCUT2D eigenvalue weighted by atomic mass is 35.5. The van der Waals surface area contributed by atoms with E-state index in [1.807, 2.05) is 6.07 Å². The predicted molar refractivity (Wildman–Crippen MR) is 80.7 cm³/mol. The fraction of sp³-hybridized carbons (Fsp3) is 0.0667. The number of halogens is 3. The summed E-state index contributed by atoms with van der Waals surface area (Å²) in [6, 6.07) is 10.6. The molecule has 0 radical (unpaired) electrons. The number of nitrogens with zero attached hydrogens (tertiary/aromatic N) is 2. The number of rotatable bonds is 4. The van der Waals surface area contributed by atoms with Gasteiger partial charge in [0, 0.05) is 16.5 Å². The van der Waals surface area contributed by atoms with Crippen molar-refractivity contribution in [1.82, 2.24) is 10.1 Å². The monoisotopic (exact) mass is 338 g/mol. The molecule has 112 valence electrons. The fourth-order valence-corrected chi connectivity index (χ4v) is 2.77. The van der Waals surface area contributed by atoms with Crippen molar-refractivity contribution in [1.29, 1.82) is 0 Å². The molecule has 3 rings (SSSR count). The van der Waals surface area contributed by atoms with Crippen molar-refractivity contribution in [2.24, 2.45) is 0 Å². The minimum absolute atomic E-state index is 0.278. The van der Waals surface area contributed by atoms with E-state index in [0.29, 0.717) is 27.2 Å². The maximum atomic E-state index is 13.5. The second-order valence-electron chi connectivity index (χ2n) is 4.35. The molecular formula is C15H9ClF2N2OS. The van der Waals surface area contributed by atoms with E-state index in [0.717, 1.165) is 17.8 Å². The van der Waals surface area contributed by atoms with E-state index in [-0.39, 0.29) is 5.75 Å². The van der Waals surface area contributed by atoms with Gasteiger partial charge in [0.15, 0.2) is 0 Å². The summed E-state index contributed by atoms with van der Waals surface area (Å²) in [6.45, 7) is 0. The minimum Gasteiger partial charge on any atom is -0.338 e. The lowest BCUT2D eigenvalue weighted by Crippen LogP contribution is -1.86. The maximum absolute atomic E-state index is 13.5. The summed E-state index contributed by atoms with van der Waals surface area (Å²) in [5, 5.41) is 4.38. The van der Waals surface area contributed by atoms with Crippen LogP contribution < -0.4 is 0 Å². The van der Waals surface area contributed by atoms with E-state index in [4.69, 9.17) is 16.1 Å². The Morgan fingerprint density at radius 3 is 2.73 bits per heavy atom. The molecule has 0 N–H and O–H groups in total. The quantitative estimate of drug-likeness (QED) is 0.630. The molecule has 3 aromatic rings. The van der Waals surface area contributed by atoms with Gasteiger partial charge in [-0.1, -0.05) is 28.9 Å². The average Bonchev–Trinajstić information content (AvgIpc) is 2.95. The van der Waals surface area contributed by atoms with Gasteiger partial charge in [0.1, 0.15) is 11.6 Å². The van der Waals surface area contributed by atoms with Crippen molar-refractivity contribution in [2.45, 2.75) is 10.6 Å². The third kappa shape index (κ3) is 3.28. The van der Waals surface area contributed by atoms with Gasteiger partial charge in [0.2, 0.25) is 11.7 Å². The summed E-state index contributed by atoms with van der Waals surface area (Å²) >= 11 is 7.22. The Morgan fingerprint density at radius 1 is 1.14 bits per heavy atom. The summed E-state index contributed by atoms with van der Waals surface area (Å²) < 4.78 is 31.5. The molecule has 2 aromatic carbocycles. The molecule has 0 saturated carbocycles. The van der Waals surface area contributed by atoms with Gasteiger partial charge < -0.3 is 4.52 Å². The van der Waals surface area contributed by atoms with Gasteiger partial charge >= 0.3 is 0 Å². The maximum Gasteiger partial charge on any atom is 0.237 e. The lowest BCUT2D eigenvalue weighted by atomic mass is 10.2. The van der Waals surface area contributed by atoms with Crippen LogP contribution >= 0.6 is 23.4 Å². The van der Waals surface area contributed by atoms with Crippen LogP contribution in [0.3, 0.4) is 0 Å². The number of thioether (sulfide) groups is 1. The number of hydrogen-bond acceptors (Lipinski definition) is 4. The first-order valence-electron chi connectivity index (χ1n) is 6.29. The zero-order valence-electron chi connectivity index (χ0n) is 11.1. The summed E-state index contributed by atoms with van der Waals surface area (Å²) in [7, 11) is 0. The van der Waals surface area contributed by atoms with Gasteiger partial charge in [-0.3, -0.25) is 0 Å². The van der Waals surface area contributed by atoms with Gasteiger partial charge in [-0.2, -0.15) is 4.98 Å². The summed E-state index contributed by atoms with van der Waals surface area (Å²) in [5.41, 5.74) is 0.664. The molecule has 0 amide bonds. The lowest BCUT2D eigenvalue weighted by Gasteiger charge is -2.00. The molecule has 0 fully saturated rings. The van der Waals surface area contributed by atoms with E-state index in [9.17, 15) is 8.78 Å². The fourth-order valence-electron chi connectivity index (χ4n) is 1.80. The highest BCUT2D eigenvalue weighted by Crippen LogP contribution is 2.28. The highest BCUT2D eigenvalue weighted by molar-refractivity contribution is 7.98. The number of aromatic nitrogens is 2. The predicted octanol–water partition coefficient (Wildman–Crippen LogP) is 4.96. The van der Waals surface area contributed by atoms with E-state index in [1.165, 1.54) is 12.1 Å². The second kappa shape index (κ2) is 6.46. The Balaban J connectivity index is 1.74. The Kier molecular flexibility index (Phi) is 4.40. The molecule has 0 spiro atoms. The van der Waals surface area contributed by atoms with Gasteiger partial charge in [-0.05, 0) is 24.3 Å². The Morgan fingerprint density at radius 2 is 1.95 bits per heavy atom. The number of benzene rings is 2. The number of hydrogen-bond donors (Lipinski definition) is 0. The lowest BCUT2D eigenvalue weighted by molar-refractivity contribution is 0.391. The highest BCUT2D eigenvalue weighted by Gasteiger charge is 2.12. The van der Waals surface area contributed by atoms with Gasteiger partial charge in [0.25, 0.3) is 0 Å². The topological polar surface area (TPSA) is 38.9 Å². The van der Waals surface area contributed by atoms with Crippen molar-refractivity contribution in [2.75, 3.05) is 0 Å². The van der Waals surface area contributed by atoms with E-state index < -0.39 is 11.6 Å². The normalized spacial score (nSPS) is 10.9. The molecular weight excluding hydrogens is 330 g/mol. The van der Waals surface area contributed by atoms with Crippen LogP contribution in [-0.2, 0) is 5.75 Å². The van der Waals surface area contributed by atoms with Crippen LogP contribution in [0.1, 0.15) is 5.89 Å². The van der Waals surface area contributed by atoms with Crippen LogP contribution in [0.25, 0.3) is 11.4 Å². The van der Waals surface area contributed by atoms with Crippen LogP contribution in [0.4, 0.5) is 8.78 Å². The molecule has 1 heterocycles. The zero-order chi connectivity index (χ0) is 15.5. The van der Waals surface area contributed by atoms with Crippen LogP contribution in [-0.4, -0.2) is 10.1 Å². The van der Waals surface area contributed by atoms with Crippen molar-refractivity contribution in [3.8, 4) is 11.4 Å². The molecule has 0 aliphatic heterocycles. The van der Waals surface area contributed by atoms with E-state index in [1.54, 1.807) is 18.2 Å². The van der Waals surface area contributed by atoms with Crippen LogP contribution in [0.5, 0.6) is 0 Å². The Bertz CT molecular complexity index is 810. The summed E-state index contributed by atoms with van der Waals surface area (Å²) in [4.78, 5) is 4.54. The molecule has 0 atom stereocenters. The van der Waals surface area contributed by atoms with Crippen LogP contribution in [0.15, 0.2) is 51.9 Å².